The summed E-state index contributed by atoms with van der Waals surface area (Å²) in [5.41, 5.74) is 5.69. The lowest BCUT2D eigenvalue weighted by Gasteiger charge is -2.32. The molecule has 112 valence electrons. The van der Waals surface area contributed by atoms with Gasteiger partial charge in [0.1, 0.15) is 0 Å². The first-order valence-electron chi connectivity index (χ1n) is 7.90. The number of hydrogen-bond donors (Lipinski definition) is 2. The zero-order valence-electron chi connectivity index (χ0n) is 13.2. The van der Waals surface area contributed by atoms with Crippen LogP contribution >= 0.6 is 0 Å². The lowest BCUT2D eigenvalue weighted by molar-refractivity contribution is -0.132. The molecule has 1 unspecified atom stereocenters. The zero-order chi connectivity index (χ0) is 14.5. The predicted molar refractivity (Wildman–Crippen MR) is 80.8 cm³/mol. The fourth-order valence-electron chi connectivity index (χ4n) is 3.48. The van der Waals surface area contributed by atoms with E-state index >= 15 is 0 Å². The van der Waals surface area contributed by atoms with Crippen LogP contribution in [0.1, 0.15) is 66.2 Å². The quantitative estimate of drug-likeness (QED) is 0.745. The highest BCUT2D eigenvalue weighted by atomic mass is 16.2. The number of carbonyl (C=O) groups is 1. The molecule has 3 nitrogen and oxygen atoms in total. The molecule has 3 N–H and O–H groups in total. The third-order valence-electron chi connectivity index (χ3n) is 4.22. The van der Waals surface area contributed by atoms with Crippen molar-refractivity contribution in [2.45, 2.75) is 72.3 Å². The monoisotopic (exact) mass is 268 g/mol. The summed E-state index contributed by atoms with van der Waals surface area (Å²) >= 11 is 0. The van der Waals surface area contributed by atoms with Crippen molar-refractivity contribution in [3.05, 3.63) is 0 Å². The Morgan fingerprint density at radius 2 is 1.74 bits per heavy atom. The Kier molecular flexibility index (Phi) is 6.31. The molecule has 0 aliphatic heterocycles. The lowest BCUT2D eigenvalue weighted by Crippen LogP contribution is -2.48. The second kappa shape index (κ2) is 7.28. The number of carbonyl (C=O) groups excluding carboxylic acids is 1. The van der Waals surface area contributed by atoms with E-state index in [0.717, 1.165) is 25.7 Å². The fraction of sp³-hybridized carbons (Fsp3) is 0.938. The molecule has 0 aromatic heterocycles. The third-order valence-corrected chi connectivity index (χ3v) is 4.22. The van der Waals surface area contributed by atoms with Gasteiger partial charge in [-0.05, 0) is 37.5 Å². The number of hydrogen-bond acceptors (Lipinski definition) is 2. The van der Waals surface area contributed by atoms with Crippen molar-refractivity contribution >= 4 is 5.91 Å². The summed E-state index contributed by atoms with van der Waals surface area (Å²) < 4.78 is 0. The molecule has 1 aliphatic carbocycles. The van der Waals surface area contributed by atoms with Crippen LogP contribution in [0.3, 0.4) is 0 Å². The second-order valence-electron chi connectivity index (χ2n) is 7.12. The predicted octanol–water partition coefficient (Wildman–Crippen LogP) is 3.08. The van der Waals surface area contributed by atoms with E-state index in [1.54, 1.807) is 0 Å². The van der Waals surface area contributed by atoms with E-state index in [2.05, 4.69) is 33.0 Å². The highest BCUT2D eigenvalue weighted by Crippen LogP contribution is 2.43. The second-order valence-corrected chi connectivity index (χ2v) is 7.12. The minimum absolute atomic E-state index is 0.113. The standard InChI is InChI=1S/C16H32N2O/c1-12(2)9-14(11-17)18-15(19)16(10-13(3)4)7-5-6-8-16/h12-14H,5-11,17H2,1-4H3,(H,18,19). The van der Waals surface area contributed by atoms with Gasteiger partial charge in [-0.1, -0.05) is 40.5 Å². The van der Waals surface area contributed by atoms with E-state index in [4.69, 9.17) is 5.73 Å². The first kappa shape index (κ1) is 16.5. The summed E-state index contributed by atoms with van der Waals surface area (Å²) in [5, 5.41) is 3.22. The molecular formula is C16H32N2O. The van der Waals surface area contributed by atoms with E-state index in [-0.39, 0.29) is 17.4 Å². The molecule has 0 aromatic rings. The number of nitrogens with two attached hydrogens (primary N) is 1. The van der Waals surface area contributed by atoms with Crippen LogP contribution in [0, 0.1) is 17.3 Å². The first-order chi connectivity index (χ1) is 8.89. The van der Waals surface area contributed by atoms with Gasteiger partial charge in [0.15, 0.2) is 0 Å². The summed E-state index contributed by atoms with van der Waals surface area (Å²) in [6, 6.07) is 0.136. The van der Waals surface area contributed by atoms with Gasteiger partial charge in [0, 0.05) is 18.0 Å². The molecule has 0 spiro atoms. The lowest BCUT2D eigenvalue weighted by atomic mass is 9.77. The Morgan fingerprint density at radius 1 is 1.16 bits per heavy atom. The smallest absolute Gasteiger partial charge is 0.226 e. The molecule has 1 saturated carbocycles. The Labute approximate surface area is 118 Å². The van der Waals surface area contributed by atoms with Crippen LogP contribution in [0.2, 0.25) is 0 Å². The normalized spacial score (nSPS) is 19.9. The molecule has 1 amide bonds. The van der Waals surface area contributed by atoms with Crippen LogP contribution in [0.15, 0.2) is 0 Å². The molecule has 0 heterocycles. The van der Waals surface area contributed by atoms with E-state index in [9.17, 15) is 4.79 Å². The molecule has 3 heteroatoms. The van der Waals surface area contributed by atoms with Crippen LogP contribution in [-0.2, 0) is 4.79 Å². The minimum atomic E-state index is -0.113. The maximum atomic E-state index is 12.7. The van der Waals surface area contributed by atoms with Crippen molar-refractivity contribution in [1.29, 1.82) is 0 Å². The van der Waals surface area contributed by atoms with Gasteiger partial charge < -0.3 is 11.1 Å². The molecule has 0 saturated heterocycles. The summed E-state index contributed by atoms with van der Waals surface area (Å²) in [5.74, 6) is 1.40. The molecule has 0 aromatic carbocycles. The van der Waals surface area contributed by atoms with Gasteiger partial charge in [-0.2, -0.15) is 0 Å². The van der Waals surface area contributed by atoms with Gasteiger partial charge in [-0.3, -0.25) is 4.79 Å². The average Bonchev–Trinajstić information content (AvgIpc) is 2.76. The average molecular weight is 268 g/mol. The molecule has 0 bridgehead atoms. The van der Waals surface area contributed by atoms with Crippen molar-refractivity contribution in [1.82, 2.24) is 5.32 Å². The van der Waals surface area contributed by atoms with E-state index < -0.39 is 0 Å². The molecule has 1 rings (SSSR count). The molecular weight excluding hydrogens is 236 g/mol. The Balaban J connectivity index is 2.66. The van der Waals surface area contributed by atoms with Crippen LogP contribution in [0.5, 0.6) is 0 Å². The molecule has 1 fully saturated rings. The summed E-state index contributed by atoms with van der Waals surface area (Å²) in [6.07, 6.45) is 6.47. The number of amides is 1. The van der Waals surface area contributed by atoms with Crippen molar-refractivity contribution in [3.8, 4) is 0 Å². The van der Waals surface area contributed by atoms with Gasteiger partial charge in [0.2, 0.25) is 5.91 Å². The van der Waals surface area contributed by atoms with Gasteiger partial charge in [0.25, 0.3) is 0 Å². The first-order valence-corrected chi connectivity index (χ1v) is 7.90. The van der Waals surface area contributed by atoms with E-state index in [1.807, 2.05) is 0 Å². The SMILES string of the molecule is CC(C)CC(CN)NC(=O)C1(CC(C)C)CCCC1. The Morgan fingerprint density at radius 3 is 2.16 bits per heavy atom. The van der Waals surface area contributed by atoms with Crippen LogP contribution in [0.25, 0.3) is 0 Å². The third kappa shape index (κ3) is 4.79. The largest absolute Gasteiger partial charge is 0.352 e. The van der Waals surface area contributed by atoms with Crippen molar-refractivity contribution < 1.29 is 4.79 Å². The highest BCUT2D eigenvalue weighted by molar-refractivity contribution is 5.83. The topological polar surface area (TPSA) is 55.1 Å². The van der Waals surface area contributed by atoms with Gasteiger partial charge in [-0.25, -0.2) is 0 Å². The fourth-order valence-corrected chi connectivity index (χ4v) is 3.48. The number of nitrogens with one attached hydrogen (secondary N) is 1. The number of rotatable bonds is 7. The summed E-state index contributed by atoms with van der Waals surface area (Å²) in [7, 11) is 0. The van der Waals surface area contributed by atoms with Crippen molar-refractivity contribution in [2.75, 3.05) is 6.54 Å². The van der Waals surface area contributed by atoms with Gasteiger partial charge >= 0.3 is 0 Å². The zero-order valence-corrected chi connectivity index (χ0v) is 13.2. The molecule has 19 heavy (non-hydrogen) atoms. The molecule has 0 radical (unpaired) electrons. The highest BCUT2D eigenvalue weighted by Gasteiger charge is 2.41. The van der Waals surface area contributed by atoms with E-state index in [1.165, 1.54) is 12.8 Å². The maximum Gasteiger partial charge on any atom is 0.226 e. The Bertz CT molecular complexity index is 280. The van der Waals surface area contributed by atoms with Crippen molar-refractivity contribution in [3.63, 3.8) is 0 Å². The van der Waals surface area contributed by atoms with Crippen LogP contribution in [0.4, 0.5) is 0 Å². The van der Waals surface area contributed by atoms with Gasteiger partial charge in [-0.15, -0.1) is 0 Å². The minimum Gasteiger partial charge on any atom is -0.352 e. The maximum absolute atomic E-state index is 12.7. The molecule has 1 aliphatic rings. The summed E-state index contributed by atoms with van der Waals surface area (Å²) in [4.78, 5) is 12.7. The van der Waals surface area contributed by atoms with Crippen LogP contribution in [-0.4, -0.2) is 18.5 Å². The van der Waals surface area contributed by atoms with E-state index in [0.29, 0.717) is 18.4 Å². The molecule has 1 atom stereocenters. The Hall–Kier alpha value is -0.570. The van der Waals surface area contributed by atoms with Gasteiger partial charge in [0.05, 0.1) is 0 Å². The van der Waals surface area contributed by atoms with Crippen molar-refractivity contribution in [2.24, 2.45) is 23.0 Å². The summed E-state index contributed by atoms with van der Waals surface area (Å²) in [6.45, 7) is 9.31. The van der Waals surface area contributed by atoms with Crippen LogP contribution < -0.4 is 11.1 Å².